The Bertz CT molecular complexity index is 652. The van der Waals surface area contributed by atoms with E-state index in [0.29, 0.717) is 35.2 Å². The van der Waals surface area contributed by atoms with Crippen molar-refractivity contribution in [3.05, 3.63) is 0 Å². The summed E-state index contributed by atoms with van der Waals surface area (Å²) in [6, 6.07) is 0. The summed E-state index contributed by atoms with van der Waals surface area (Å²) in [4.78, 5) is 12.7. The van der Waals surface area contributed by atoms with Crippen LogP contribution in [0.2, 0.25) is 0 Å². The zero-order chi connectivity index (χ0) is 20.4. The van der Waals surface area contributed by atoms with Gasteiger partial charge in [-0.3, -0.25) is 4.79 Å². The smallest absolute Gasteiger partial charge is 0.139 e. The number of nitrogens with one attached hydrogen (secondary N) is 1. The van der Waals surface area contributed by atoms with Gasteiger partial charge in [0.15, 0.2) is 0 Å². The second-order valence-electron chi connectivity index (χ2n) is 11.3. The maximum Gasteiger partial charge on any atom is 0.139 e. The van der Waals surface area contributed by atoms with Crippen molar-refractivity contribution in [2.45, 2.75) is 81.8 Å². The SMILES string of the molecule is C[C@]12CC[C@@H](S[C@@H]3CCNC3)CC1[C@@H](CO)[C@@H](O)[C@@H]1[C@@H]2CC[C@]2(C)C(=O)CC[C@@H]12. The van der Waals surface area contributed by atoms with Gasteiger partial charge < -0.3 is 15.5 Å². The van der Waals surface area contributed by atoms with Crippen molar-refractivity contribution >= 4 is 17.5 Å². The van der Waals surface area contributed by atoms with E-state index >= 15 is 0 Å². The normalized spacial score (nSPS) is 54.7. The minimum Gasteiger partial charge on any atom is -0.396 e. The molecule has 0 aromatic carbocycles. The van der Waals surface area contributed by atoms with Crippen LogP contribution < -0.4 is 5.32 Å². The Morgan fingerprint density at radius 1 is 1.07 bits per heavy atom. The van der Waals surface area contributed by atoms with Gasteiger partial charge in [-0.05, 0) is 80.6 Å². The first-order valence-electron chi connectivity index (χ1n) is 12.1. The largest absolute Gasteiger partial charge is 0.396 e. The Morgan fingerprint density at radius 2 is 1.90 bits per heavy atom. The molecule has 29 heavy (non-hydrogen) atoms. The zero-order valence-electron chi connectivity index (χ0n) is 18.1. The number of ketones is 1. The number of carbonyl (C=O) groups excluding carboxylic acids is 1. The first-order chi connectivity index (χ1) is 13.9. The molecule has 0 radical (unpaired) electrons. The van der Waals surface area contributed by atoms with Crippen molar-refractivity contribution in [1.82, 2.24) is 5.32 Å². The lowest BCUT2D eigenvalue weighted by atomic mass is 9.42. The standard InChI is InChI=1S/C24H39NO3S/c1-23-8-5-14(29-15-7-10-25-12-15)11-19(23)16(13-26)22(28)21-17-3-4-20(27)24(17,2)9-6-18(21)23/h14-19,21-22,25-26,28H,3-13H2,1-2H3/t14-,15-,16-,17+,18+,19?,21+,22-,23-,24+/m1/s1. The topological polar surface area (TPSA) is 69.6 Å². The van der Waals surface area contributed by atoms with Crippen LogP contribution in [0.15, 0.2) is 0 Å². The third kappa shape index (κ3) is 3.08. The second kappa shape index (κ2) is 7.50. The van der Waals surface area contributed by atoms with Gasteiger partial charge in [-0.15, -0.1) is 0 Å². The third-order valence-corrected chi connectivity index (χ3v) is 11.8. The van der Waals surface area contributed by atoms with E-state index in [4.69, 9.17) is 0 Å². The van der Waals surface area contributed by atoms with Crippen LogP contribution in [0.3, 0.4) is 0 Å². The van der Waals surface area contributed by atoms with Gasteiger partial charge in [0.25, 0.3) is 0 Å². The van der Waals surface area contributed by atoms with Gasteiger partial charge >= 0.3 is 0 Å². The van der Waals surface area contributed by atoms with E-state index in [0.717, 1.165) is 44.0 Å². The predicted molar refractivity (Wildman–Crippen MR) is 117 cm³/mol. The lowest BCUT2D eigenvalue weighted by Crippen LogP contribution is -2.62. The summed E-state index contributed by atoms with van der Waals surface area (Å²) in [5.74, 6) is 1.82. The van der Waals surface area contributed by atoms with Crippen LogP contribution >= 0.6 is 11.8 Å². The molecule has 0 aromatic rings. The molecule has 3 N–H and O–H groups in total. The molecule has 4 saturated carbocycles. The minimum atomic E-state index is -0.449. The number of Topliss-reactive ketones (excluding diaryl/α,β-unsaturated/α-hetero) is 1. The van der Waals surface area contributed by atoms with Crippen LogP contribution in [0, 0.1) is 40.4 Å². The molecule has 4 aliphatic carbocycles. The van der Waals surface area contributed by atoms with Crippen LogP contribution in [0.25, 0.3) is 0 Å². The molecule has 5 aliphatic rings. The molecule has 5 fully saturated rings. The number of aliphatic hydroxyl groups excluding tert-OH is 2. The highest BCUT2D eigenvalue weighted by Crippen LogP contribution is 2.67. The molecule has 1 aliphatic heterocycles. The van der Waals surface area contributed by atoms with Crippen LogP contribution in [-0.2, 0) is 4.79 Å². The van der Waals surface area contributed by atoms with Crippen LogP contribution in [0.1, 0.15) is 65.2 Å². The summed E-state index contributed by atoms with van der Waals surface area (Å²) >= 11 is 2.17. The van der Waals surface area contributed by atoms with E-state index in [9.17, 15) is 15.0 Å². The van der Waals surface area contributed by atoms with Gasteiger partial charge in [0, 0.05) is 41.4 Å². The average Bonchev–Trinajstić information content (AvgIpc) is 3.31. The monoisotopic (exact) mass is 421 g/mol. The highest BCUT2D eigenvalue weighted by atomic mass is 32.2. The van der Waals surface area contributed by atoms with Gasteiger partial charge in [-0.25, -0.2) is 0 Å². The lowest BCUT2D eigenvalue weighted by Gasteiger charge is -2.64. The maximum atomic E-state index is 12.7. The summed E-state index contributed by atoms with van der Waals surface area (Å²) in [5, 5.41) is 26.8. The molecular weight excluding hydrogens is 382 g/mol. The molecule has 0 bridgehead atoms. The van der Waals surface area contributed by atoms with Crippen molar-refractivity contribution < 1.29 is 15.0 Å². The van der Waals surface area contributed by atoms with Crippen molar-refractivity contribution in [2.24, 2.45) is 40.4 Å². The fourth-order valence-corrected chi connectivity index (χ4v) is 10.1. The molecule has 1 saturated heterocycles. The highest BCUT2D eigenvalue weighted by molar-refractivity contribution is 8.00. The number of carbonyl (C=O) groups is 1. The van der Waals surface area contributed by atoms with E-state index in [1.165, 1.54) is 19.3 Å². The van der Waals surface area contributed by atoms with Gasteiger partial charge in [-0.2, -0.15) is 11.8 Å². The van der Waals surface area contributed by atoms with Gasteiger partial charge in [0.1, 0.15) is 5.78 Å². The summed E-state index contributed by atoms with van der Waals surface area (Å²) < 4.78 is 0. The Kier molecular flexibility index (Phi) is 5.37. The van der Waals surface area contributed by atoms with E-state index in [2.05, 4.69) is 30.9 Å². The molecule has 5 rings (SSSR count). The fraction of sp³-hybridized carbons (Fsp3) is 0.958. The Labute approximate surface area is 180 Å². The van der Waals surface area contributed by atoms with Crippen LogP contribution in [0.4, 0.5) is 0 Å². The van der Waals surface area contributed by atoms with Crippen molar-refractivity contribution in [2.75, 3.05) is 19.7 Å². The molecule has 0 spiro atoms. The van der Waals surface area contributed by atoms with E-state index in [1.807, 2.05) is 0 Å². The molecule has 4 nitrogen and oxygen atoms in total. The minimum absolute atomic E-state index is 0.0237. The van der Waals surface area contributed by atoms with Crippen LogP contribution in [-0.4, -0.2) is 52.3 Å². The quantitative estimate of drug-likeness (QED) is 0.653. The fourth-order valence-electron chi connectivity index (χ4n) is 8.56. The molecule has 1 heterocycles. The molecule has 10 atom stereocenters. The number of thioether (sulfide) groups is 1. The molecule has 1 unspecified atom stereocenters. The summed E-state index contributed by atoms with van der Waals surface area (Å²) in [7, 11) is 0. The van der Waals surface area contributed by atoms with Crippen molar-refractivity contribution in [3.8, 4) is 0 Å². The first-order valence-corrected chi connectivity index (χ1v) is 13.0. The van der Waals surface area contributed by atoms with E-state index < -0.39 is 6.10 Å². The third-order valence-electron chi connectivity index (χ3n) is 10.2. The molecule has 0 amide bonds. The average molecular weight is 422 g/mol. The van der Waals surface area contributed by atoms with E-state index in [1.54, 1.807) is 0 Å². The Morgan fingerprint density at radius 3 is 2.62 bits per heavy atom. The molecule has 164 valence electrons. The van der Waals surface area contributed by atoms with Gasteiger partial charge in [-0.1, -0.05) is 13.8 Å². The summed E-state index contributed by atoms with van der Waals surface area (Å²) in [6.07, 6.45) is 8.17. The molecular formula is C24H39NO3S. The number of fused-ring (bicyclic) bond motifs is 5. The van der Waals surface area contributed by atoms with Gasteiger partial charge in [0.2, 0.25) is 0 Å². The molecule has 0 aromatic heterocycles. The number of rotatable bonds is 3. The van der Waals surface area contributed by atoms with E-state index in [-0.39, 0.29) is 29.3 Å². The van der Waals surface area contributed by atoms with Crippen molar-refractivity contribution in [3.63, 3.8) is 0 Å². The maximum absolute atomic E-state index is 12.7. The summed E-state index contributed by atoms with van der Waals surface area (Å²) in [5.41, 5.74) is -0.0247. The molecule has 5 heteroatoms. The van der Waals surface area contributed by atoms with Crippen molar-refractivity contribution in [1.29, 1.82) is 0 Å². The summed E-state index contributed by atoms with van der Waals surface area (Å²) in [6.45, 7) is 7.01. The Hall–Kier alpha value is -0.100. The number of aliphatic hydroxyl groups is 2. The predicted octanol–water partition coefficient (Wildman–Crippen LogP) is 3.25. The Balaban J connectivity index is 1.41. The first kappa shape index (κ1) is 20.8. The van der Waals surface area contributed by atoms with Gasteiger partial charge in [0.05, 0.1) is 6.10 Å². The number of hydrogen-bond acceptors (Lipinski definition) is 5. The second-order valence-corrected chi connectivity index (χ2v) is 12.9. The number of hydrogen-bond donors (Lipinski definition) is 3. The van der Waals surface area contributed by atoms with Crippen LogP contribution in [0.5, 0.6) is 0 Å². The lowest BCUT2D eigenvalue weighted by molar-refractivity contribution is -0.195. The highest BCUT2D eigenvalue weighted by Gasteiger charge is 2.64. The zero-order valence-corrected chi connectivity index (χ0v) is 18.9.